The molecule has 24 heavy (non-hydrogen) atoms. The molecule has 0 radical (unpaired) electrons. The van der Waals surface area contributed by atoms with Crippen molar-refractivity contribution >= 4 is 46.4 Å². The number of hydrogen-bond donors (Lipinski definition) is 4. The molecule has 0 saturated carbocycles. The first kappa shape index (κ1) is 15.7. The highest BCUT2D eigenvalue weighted by Crippen LogP contribution is 2.21. The summed E-state index contributed by atoms with van der Waals surface area (Å²) in [6, 6.07) is 5.20. The average molecular weight is 350 g/mol. The van der Waals surface area contributed by atoms with Gasteiger partial charge in [0.25, 0.3) is 5.91 Å². The van der Waals surface area contributed by atoms with Gasteiger partial charge in [0.2, 0.25) is 5.95 Å². The van der Waals surface area contributed by atoms with Crippen molar-refractivity contribution < 1.29 is 19.1 Å². The molecular formula is C14H9ClFN5O3. The molecule has 0 bridgehead atoms. The molecule has 122 valence electrons. The number of nitrogens with zero attached hydrogens (tertiary/aromatic N) is 2. The van der Waals surface area contributed by atoms with E-state index in [-0.39, 0.29) is 27.7 Å². The second kappa shape index (κ2) is 6.13. The maximum atomic E-state index is 13.2. The van der Waals surface area contributed by atoms with E-state index in [0.29, 0.717) is 5.69 Å². The molecule has 0 unspecified atom stereocenters. The van der Waals surface area contributed by atoms with Crippen molar-refractivity contribution in [3.8, 4) is 0 Å². The fourth-order valence-corrected chi connectivity index (χ4v) is 2.21. The van der Waals surface area contributed by atoms with Crippen LogP contribution < -0.4 is 10.6 Å². The second-order valence-electron chi connectivity index (χ2n) is 4.66. The highest BCUT2D eigenvalue weighted by Gasteiger charge is 2.15. The Bertz CT molecular complexity index is 959. The number of carbonyl (C=O) groups excluding carboxylic acids is 1. The highest BCUT2D eigenvalue weighted by molar-refractivity contribution is 6.31. The van der Waals surface area contributed by atoms with E-state index < -0.39 is 17.8 Å². The topological polar surface area (TPSA) is 120 Å². The first-order chi connectivity index (χ1) is 11.4. The maximum absolute atomic E-state index is 13.2. The molecule has 8 nitrogen and oxygen atoms in total. The summed E-state index contributed by atoms with van der Waals surface area (Å²) < 4.78 is 13.2. The van der Waals surface area contributed by atoms with Crippen molar-refractivity contribution in [2.24, 2.45) is 0 Å². The summed E-state index contributed by atoms with van der Waals surface area (Å²) in [5.74, 6) is -1.18. The fourth-order valence-electron chi connectivity index (χ4n) is 2.03. The van der Waals surface area contributed by atoms with Gasteiger partial charge in [0.1, 0.15) is 5.82 Å². The number of nitrogens with one attached hydrogen (secondary N) is 3. The third-order valence-electron chi connectivity index (χ3n) is 3.04. The molecule has 0 aliphatic heterocycles. The number of fused-ring (bicyclic) bond motifs is 1. The first-order valence-corrected chi connectivity index (χ1v) is 6.93. The van der Waals surface area contributed by atoms with Gasteiger partial charge in [0.05, 0.1) is 16.1 Å². The van der Waals surface area contributed by atoms with Crippen LogP contribution in [-0.2, 0) is 0 Å². The monoisotopic (exact) mass is 349 g/mol. The van der Waals surface area contributed by atoms with Gasteiger partial charge in [-0.25, -0.2) is 14.2 Å². The standard InChI is InChI=1S/C14H9ClFN5O3/c15-8-5-6(1-2-9(8)16)18-12(22)7-3-4-17-11-10(7)19-13(20-11)21-14(23)24/h1-5H,(H,18,22)(H,23,24)(H2,17,19,20,21). The zero-order valence-electron chi connectivity index (χ0n) is 11.8. The van der Waals surface area contributed by atoms with Crippen LogP contribution in [0.3, 0.4) is 0 Å². The van der Waals surface area contributed by atoms with Crippen LogP contribution in [-0.4, -0.2) is 32.1 Å². The van der Waals surface area contributed by atoms with Gasteiger partial charge in [-0.15, -0.1) is 0 Å². The summed E-state index contributed by atoms with van der Waals surface area (Å²) in [7, 11) is 0. The Morgan fingerprint density at radius 2 is 2.04 bits per heavy atom. The van der Waals surface area contributed by atoms with Crippen LogP contribution in [0.5, 0.6) is 0 Å². The largest absolute Gasteiger partial charge is 0.465 e. The number of carbonyl (C=O) groups is 2. The van der Waals surface area contributed by atoms with Crippen LogP contribution in [0.25, 0.3) is 11.2 Å². The molecule has 0 atom stereocenters. The minimum absolute atomic E-state index is 0.0601. The van der Waals surface area contributed by atoms with Gasteiger partial charge in [0.15, 0.2) is 5.65 Å². The third-order valence-corrected chi connectivity index (χ3v) is 3.33. The summed E-state index contributed by atoms with van der Waals surface area (Å²) in [5.41, 5.74) is 0.918. The molecule has 4 N–H and O–H groups in total. The molecule has 10 heteroatoms. The Hall–Kier alpha value is -3.20. The Morgan fingerprint density at radius 1 is 1.25 bits per heavy atom. The Labute approximate surface area is 138 Å². The summed E-state index contributed by atoms with van der Waals surface area (Å²) >= 11 is 5.67. The minimum Gasteiger partial charge on any atom is -0.465 e. The number of carboxylic acid groups (broad SMARTS) is 1. The van der Waals surface area contributed by atoms with Crippen LogP contribution in [0.4, 0.5) is 20.8 Å². The quantitative estimate of drug-likeness (QED) is 0.579. The number of pyridine rings is 1. The Kier molecular flexibility index (Phi) is 4.00. The fraction of sp³-hybridized carbons (Fsp3) is 0. The van der Waals surface area contributed by atoms with Gasteiger partial charge in [-0.1, -0.05) is 11.6 Å². The van der Waals surface area contributed by atoms with E-state index in [4.69, 9.17) is 16.7 Å². The lowest BCUT2D eigenvalue weighted by Gasteiger charge is -2.06. The smallest absolute Gasteiger partial charge is 0.411 e. The van der Waals surface area contributed by atoms with Gasteiger partial charge in [-0.05, 0) is 24.3 Å². The summed E-state index contributed by atoms with van der Waals surface area (Å²) in [5, 5.41) is 13.2. The molecule has 2 heterocycles. The first-order valence-electron chi connectivity index (χ1n) is 6.55. The number of halogens is 2. The molecule has 3 rings (SSSR count). The van der Waals surface area contributed by atoms with Gasteiger partial charge in [-0.3, -0.25) is 10.1 Å². The van der Waals surface area contributed by atoms with Gasteiger partial charge >= 0.3 is 6.09 Å². The SMILES string of the molecule is O=C(O)Nc1nc2nccc(C(=O)Nc3ccc(F)c(Cl)c3)c2[nH]1. The van der Waals surface area contributed by atoms with Gasteiger partial charge < -0.3 is 15.4 Å². The van der Waals surface area contributed by atoms with Crippen LogP contribution in [0.2, 0.25) is 5.02 Å². The predicted molar refractivity (Wildman–Crippen MR) is 84.9 cm³/mol. The molecule has 2 aromatic heterocycles. The molecule has 2 amide bonds. The zero-order valence-corrected chi connectivity index (χ0v) is 12.6. The molecular weight excluding hydrogens is 341 g/mol. The van der Waals surface area contributed by atoms with E-state index in [1.165, 1.54) is 24.4 Å². The number of amides is 2. The number of rotatable bonds is 3. The van der Waals surface area contributed by atoms with Crippen LogP contribution in [0.1, 0.15) is 10.4 Å². The van der Waals surface area contributed by atoms with Crippen LogP contribution in [0, 0.1) is 5.82 Å². The van der Waals surface area contributed by atoms with E-state index in [9.17, 15) is 14.0 Å². The van der Waals surface area contributed by atoms with E-state index in [0.717, 1.165) is 6.07 Å². The van der Waals surface area contributed by atoms with E-state index >= 15 is 0 Å². The van der Waals surface area contributed by atoms with E-state index in [1.54, 1.807) is 0 Å². The van der Waals surface area contributed by atoms with Gasteiger partial charge in [-0.2, -0.15) is 4.98 Å². The molecule has 3 aromatic rings. The zero-order chi connectivity index (χ0) is 17.3. The summed E-state index contributed by atoms with van der Waals surface area (Å²) in [4.78, 5) is 33.6. The molecule has 0 aliphatic rings. The summed E-state index contributed by atoms with van der Waals surface area (Å²) in [6.45, 7) is 0. The van der Waals surface area contributed by atoms with E-state index in [1.807, 2.05) is 5.32 Å². The highest BCUT2D eigenvalue weighted by atomic mass is 35.5. The molecule has 1 aromatic carbocycles. The normalized spacial score (nSPS) is 10.6. The van der Waals surface area contributed by atoms with Crippen molar-refractivity contribution in [3.63, 3.8) is 0 Å². The van der Waals surface area contributed by atoms with Crippen LogP contribution in [0.15, 0.2) is 30.5 Å². The lowest BCUT2D eigenvalue weighted by molar-refractivity contribution is 0.102. The minimum atomic E-state index is -1.30. The van der Waals surface area contributed by atoms with Crippen molar-refractivity contribution in [1.82, 2.24) is 15.0 Å². The number of aromatic amines is 1. The maximum Gasteiger partial charge on any atom is 0.411 e. The molecule has 0 spiro atoms. The van der Waals surface area contributed by atoms with Crippen molar-refractivity contribution in [3.05, 3.63) is 46.9 Å². The average Bonchev–Trinajstić information content (AvgIpc) is 2.92. The number of hydrogen-bond acceptors (Lipinski definition) is 4. The Morgan fingerprint density at radius 3 is 2.75 bits per heavy atom. The lowest BCUT2D eigenvalue weighted by atomic mass is 10.2. The third kappa shape index (κ3) is 3.10. The summed E-state index contributed by atoms with van der Waals surface area (Å²) in [6.07, 6.45) is 0.0568. The number of aromatic nitrogens is 3. The Balaban J connectivity index is 1.92. The molecule has 0 saturated heterocycles. The number of H-pyrrole nitrogens is 1. The number of imidazole rings is 1. The predicted octanol–water partition coefficient (Wildman–Crippen LogP) is 3.09. The lowest BCUT2D eigenvalue weighted by Crippen LogP contribution is -2.13. The van der Waals surface area contributed by atoms with E-state index in [2.05, 4.69) is 20.3 Å². The van der Waals surface area contributed by atoms with Crippen molar-refractivity contribution in [2.75, 3.05) is 10.6 Å². The number of anilines is 2. The molecule has 0 fully saturated rings. The second-order valence-corrected chi connectivity index (χ2v) is 5.06. The molecule has 0 aliphatic carbocycles. The van der Waals surface area contributed by atoms with Crippen molar-refractivity contribution in [1.29, 1.82) is 0 Å². The number of benzene rings is 1. The van der Waals surface area contributed by atoms with Crippen LogP contribution >= 0.6 is 11.6 Å². The van der Waals surface area contributed by atoms with Crippen molar-refractivity contribution in [2.45, 2.75) is 0 Å². The van der Waals surface area contributed by atoms with Gasteiger partial charge in [0, 0.05) is 11.9 Å².